The summed E-state index contributed by atoms with van der Waals surface area (Å²) in [6.45, 7) is 0. The molecule has 0 N–H and O–H groups in total. The number of carbonyl (C=O) groups is 1. The highest BCUT2D eigenvalue weighted by Crippen LogP contribution is 2.14. The zero-order valence-electron chi connectivity index (χ0n) is 7.38. The van der Waals surface area contributed by atoms with Crippen molar-refractivity contribution in [3.63, 3.8) is 0 Å². The normalized spacial score (nSPS) is 10.0. The summed E-state index contributed by atoms with van der Waals surface area (Å²) in [5, 5.41) is 0.957. The van der Waals surface area contributed by atoms with Gasteiger partial charge in [0, 0.05) is 25.0 Å². The highest BCUT2D eigenvalue weighted by Gasteiger charge is 2.01. The van der Waals surface area contributed by atoms with E-state index in [4.69, 9.17) is 0 Å². The second-order valence-corrected chi connectivity index (χ2v) is 3.95. The summed E-state index contributed by atoms with van der Waals surface area (Å²) >= 11 is 1.43. The Morgan fingerprint density at radius 1 is 1.36 bits per heavy atom. The summed E-state index contributed by atoms with van der Waals surface area (Å²) in [6, 6.07) is 3.89. The molecule has 0 aliphatic rings. The van der Waals surface area contributed by atoms with E-state index in [1.165, 1.54) is 11.3 Å². The van der Waals surface area contributed by atoms with Crippen LogP contribution in [0.3, 0.4) is 0 Å². The fourth-order valence-corrected chi connectivity index (χ4v) is 1.91. The first-order valence-corrected chi connectivity index (χ1v) is 4.99. The molecule has 2 aromatic heterocycles. The Bertz CT molecular complexity index is 425. The SMILES string of the molecule is O=Cc1cnc(Cc2ccncc2)s1. The quantitative estimate of drug-likeness (QED) is 0.717. The van der Waals surface area contributed by atoms with Gasteiger partial charge in [-0.25, -0.2) is 4.98 Å². The molecule has 2 aromatic rings. The topological polar surface area (TPSA) is 42.9 Å². The summed E-state index contributed by atoms with van der Waals surface area (Å²) in [5.41, 5.74) is 1.16. The van der Waals surface area contributed by atoms with Crippen LogP contribution in [0.4, 0.5) is 0 Å². The Morgan fingerprint density at radius 3 is 2.79 bits per heavy atom. The second-order valence-electron chi connectivity index (χ2n) is 2.81. The van der Waals surface area contributed by atoms with Crippen molar-refractivity contribution in [1.29, 1.82) is 0 Å². The van der Waals surface area contributed by atoms with E-state index < -0.39 is 0 Å². The van der Waals surface area contributed by atoms with Crippen LogP contribution in [0.15, 0.2) is 30.7 Å². The van der Waals surface area contributed by atoms with E-state index in [1.54, 1.807) is 18.6 Å². The summed E-state index contributed by atoms with van der Waals surface area (Å²) in [7, 11) is 0. The predicted molar refractivity (Wildman–Crippen MR) is 54.5 cm³/mol. The van der Waals surface area contributed by atoms with Gasteiger partial charge in [-0.3, -0.25) is 9.78 Å². The Balaban J connectivity index is 2.15. The first kappa shape index (κ1) is 9.02. The fourth-order valence-electron chi connectivity index (χ4n) is 1.14. The Kier molecular flexibility index (Phi) is 2.65. The third-order valence-electron chi connectivity index (χ3n) is 1.79. The number of hydrogen-bond acceptors (Lipinski definition) is 4. The lowest BCUT2D eigenvalue weighted by Gasteiger charge is -1.94. The van der Waals surface area contributed by atoms with Gasteiger partial charge in [0.15, 0.2) is 6.29 Å². The lowest BCUT2D eigenvalue weighted by Crippen LogP contribution is -1.85. The van der Waals surface area contributed by atoms with Gasteiger partial charge in [-0.15, -0.1) is 11.3 Å². The molecular weight excluding hydrogens is 196 g/mol. The molecule has 0 amide bonds. The van der Waals surface area contributed by atoms with Crippen LogP contribution in [-0.4, -0.2) is 16.3 Å². The van der Waals surface area contributed by atoms with Gasteiger partial charge in [-0.1, -0.05) is 0 Å². The molecule has 0 atom stereocenters. The number of aldehydes is 1. The van der Waals surface area contributed by atoms with Gasteiger partial charge in [0.25, 0.3) is 0 Å². The maximum Gasteiger partial charge on any atom is 0.161 e. The smallest absolute Gasteiger partial charge is 0.161 e. The van der Waals surface area contributed by atoms with Gasteiger partial charge in [0.05, 0.1) is 9.88 Å². The molecule has 0 spiro atoms. The summed E-state index contributed by atoms with van der Waals surface area (Å²) < 4.78 is 0. The molecule has 14 heavy (non-hydrogen) atoms. The van der Waals surface area contributed by atoms with Crippen molar-refractivity contribution < 1.29 is 4.79 Å². The van der Waals surface area contributed by atoms with Crippen LogP contribution in [0.1, 0.15) is 20.2 Å². The van der Waals surface area contributed by atoms with Crippen LogP contribution in [0.2, 0.25) is 0 Å². The van der Waals surface area contributed by atoms with E-state index >= 15 is 0 Å². The molecule has 0 aromatic carbocycles. The largest absolute Gasteiger partial charge is 0.297 e. The van der Waals surface area contributed by atoms with Crippen molar-refractivity contribution in [3.05, 3.63) is 46.2 Å². The molecule has 0 aliphatic heterocycles. The van der Waals surface area contributed by atoms with E-state index in [0.717, 1.165) is 23.3 Å². The molecule has 4 heteroatoms. The molecule has 3 nitrogen and oxygen atoms in total. The second kappa shape index (κ2) is 4.11. The summed E-state index contributed by atoms with van der Waals surface area (Å²) in [4.78, 5) is 19.2. The first-order chi connectivity index (χ1) is 6.88. The average molecular weight is 204 g/mol. The van der Waals surface area contributed by atoms with E-state index in [1.807, 2.05) is 12.1 Å². The van der Waals surface area contributed by atoms with Crippen LogP contribution >= 0.6 is 11.3 Å². The van der Waals surface area contributed by atoms with Crippen LogP contribution in [0.5, 0.6) is 0 Å². The zero-order valence-corrected chi connectivity index (χ0v) is 8.20. The lowest BCUT2D eigenvalue weighted by molar-refractivity contribution is 0.112. The number of rotatable bonds is 3. The van der Waals surface area contributed by atoms with Gasteiger partial charge in [-0.2, -0.15) is 0 Å². The monoisotopic (exact) mass is 204 g/mol. The van der Waals surface area contributed by atoms with Crippen LogP contribution in [0, 0.1) is 0 Å². The van der Waals surface area contributed by atoms with Gasteiger partial charge in [0.1, 0.15) is 0 Å². The van der Waals surface area contributed by atoms with E-state index in [2.05, 4.69) is 9.97 Å². The van der Waals surface area contributed by atoms with E-state index in [9.17, 15) is 4.79 Å². The minimum Gasteiger partial charge on any atom is -0.297 e. The summed E-state index contributed by atoms with van der Waals surface area (Å²) in [5.74, 6) is 0. The van der Waals surface area contributed by atoms with E-state index in [0.29, 0.717) is 4.88 Å². The van der Waals surface area contributed by atoms with E-state index in [-0.39, 0.29) is 0 Å². The fraction of sp³-hybridized carbons (Fsp3) is 0.100. The molecule has 2 heterocycles. The zero-order chi connectivity index (χ0) is 9.80. The van der Waals surface area contributed by atoms with Gasteiger partial charge in [-0.05, 0) is 17.7 Å². The number of aromatic nitrogens is 2. The third kappa shape index (κ3) is 2.03. The van der Waals surface area contributed by atoms with Gasteiger partial charge in [0.2, 0.25) is 0 Å². The Morgan fingerprint density at radius 2 is 2.14 bits per heavy atom. The van der Waals surface area contributed by atoms with Crippen molar-refractivity contribution >= 4 is 17.6 Å². The number of pyridine rings is 1. The van der Waals surface area contributed by atoms with Crippen molar-refractivity contribution in [2.75, 3.05) is 0 Å². The predicted octanol–water partition coefficient (Wildman–Crippen LogP) is 1.94. The molecule has 0 saturated heterocycles. The molecule has 2 rings (SSSR count). The number of hydrogen-bond donors (Lipinski definition) is 0. The molecule has 0 bridgehead atoms. The maximum absolute atomic E-state index is 10.4. The highest BCUT2D eigenvalue weighted by atomic mass is 32.1. The average Bonchev–Trinajstić information content (AvgIpc) is 2.67. The third-order valence-corrected chi connectivity index (χ3v) is 2.72. The van der Waals surface area contributed by atoms with Crippen molar-refractivity contribution in [1.82, 2.24) is 9.97 Å². The molecule has 0 radical (unpaired) electrons. The Labute approximate surface area is 85.5 Å². The Hall–Kier alpha value is -1.55. The minimum absolute atomic E-state index is 0.675. The number of nitrogens with zero attached hydrogens (tertiary/aromatic N) is 2. The van der Waals surface area contributed by atoms with Crippen LogP contribution in [-0.2, 0) is 6.42 Å². The van der Waals surface area contributed by atoms with Crippen molar-refractivity contribution in [3.8, 4) is 0 Å². The summed E-state index contributed by atoms with van der Waals surface area (Å²) in [6.07, 6.45) is 6.70. The number of carbonyl (C=O) groups excluding carboxylic acids is 1. The van der Waals surface area contributed by atoms with Crippen LogP contribution < -0.4 is 0 Å². The van der Waals surface area contributed by atoms with Crippen LogP contribution in [0.25, 0.3) is 0 Å². The maximum atomic E-state index is 10.4. The minimum atomic E-state index is 0.675. The number of thiazole rings is 1. The molecule has 0 fully saturated rings. The molecule has 70 valence electrons. The molecule has 0 saturated carbocycles. The lowest BCUT2D eigenvalue weighted by atomic mass is 10.2. The molecule has 0 aliphatic carbocycles. The van der Waals surface area contributed by atoms with Gasteiger partial charge >= 0.3 is 0 Å². The first-order valence-electron chi connectivity index (χ1n) is 4.17. The van der Waals surface area contributed by atoms with Crippen molar-refractivity contribution in [2.45, 2.75) is 6.42 Å². The van der Waals surface area contributed by atoms with Crippen molar-refractivity contribution in [2.24, 2.45) is 0 Å². The standard InChI is InChI=1S/C10H8N2OS/c13-7-9-6-12-10(14-9)5-8-1-3-11-4-2-8/h1-4,6-7H,5H2. The molecule has 0 unspecified atom stereocenters. The molecular formula is C10H8N2OS. The van der Waals surface area contributed by atoms with Gasteiger partial charge < -0.3 is 0 Å². The highest BCUT2D eigenvalue weighted by molar-refractivity contribution is 7.13.